The highest BCUT2D eigenvalue weighted by Crippen LogP contribution is 2.41. The lowest BCUT2D eigenvalue weighted by atomic mass is 9.95. The van der Waals surface area contributed by atoms with Crippen LogP contribution in [0.3, 0.4) is 0 Å². The van der Waals surface area contributed by atoms with Gasteiger partial charge in [-0.25, -0.2) is 0 Å². The summed E-state index contributed by atoms with van der Waals surface area (Å²) in [5, 5.41) is 3.52. The lowest BCUT2D eigenvalue weighted by Crippen LogP contribution is -2.23. The Morgan fingerprint density at radius 3 is 2.36 bits per heavy atom. The standard InChI is InChI=1S/C23H21NO/c1-23(2,3)25-20-14-13-16-8-4-5-11-18(16)21(20)19-12-6-9-17-10-7-15-24-22(17)19/h4-15H,1-3H3. The molecule has 25 heavy (non-hydrogen) atoms. The molecule has 1 heterocycles. The number of rotatable bonds is 2. The Bertz CT molecular complexity index is 1060. The summed E-state index contributed by atoms with van der Waals surface area (Å²) in [5.41, 5.74) is 2.95. The van der Waals surface area contributed by atoms with Gasteiger partial charge in [0, 0.05) is 22.7 Å². The molecule has 0 radical (unpaired) electrons. The third kappa shape index (κ3) is 2.96. The maximum absolute atomic E-state index is 6.32. The Hall–Kier alpha value is -2.87. The first-order chi connectivity index (χ1) is 12.0. The van der Waals surface area contributed by atoms with Gasteiger partial charge in [0.05, 0.1) is 5.52 Å². The van der Waals surface area contributed by atoms with E-state index in [9.17, 15) is 0 Å². The van der Waals surface area contributed by atoms with Gasteiger partial charge >= 0.3 is 0 Å². The molecule has 2 nitrogen and oxygen atoms in total. The van der Waals surface area contributed by atoms with Crippen LogP contribution in [0.15, 0.2) is 72.9 Å². The first kappa shape index (κ1) is 15.6. The second-order valence-corrected chi connectivity index (χ2v) is 7.25. The van der Waals surface area contributed by atoms with Gasteiger partial charge in [-0.15, -0.1) is 0 Å². The van der Waals surface area contributed by atoms with E-state index in [0.29, 0.717) is 0 Å². The van der Waals surface area contributed by atoms with Crippen LogP contribution in [0.2, 0.25) is 0 Å². The molecule has 0 aliphatic carbocycles. The molecule has 0 saturated carbocycles. The molecule has 0 amide bonds. The Morgan fingerprint density at radius 1 is 0.760 bits per heavy atom. The van der Waals surface area contributed by atoms with Crippen molar-refractivity contribution >= 4 is 21.7 Å². The molecular formula is C23H21NO. The number of ether oxygens (including phenoxy) is 1. The zero-order valence-corrected chi connectivity index (χ0v) is 14.8. The van der Waals surface area contributed by atoms with Crippen molar-refractivity contribution in [3.05, 3.63) is 72.9 Å². The van der Waals surface area contributed by atoms with Crippen molar-refractivity contribution in [3.8, 4) is 16.9 Å². The summed E-state index contributed by atoms with van der Waals surface area (Å²) in [5.74, 6) is 0.893. The maximum atomic E-state index is 6.32. The van der Waals surface area contributed by atoms with Gasteiger partial charge < -0.3 is 4.74 Å². The van der Waals surface area contributed by atoms with Gasteiger partial charge in [-0.2, -0.15) is 0 Å². The fourth-order valence-corrected chi connectivity index (χ4v) is 3.25. The van der Waals surface area contributed by atoms with E-state index in [1.54, 1.807) is 0 Å². The molecule has 0 fully saturated rings. The van der Waals surface area contributed by atoms with Crippen LogP contribution >= 0.6 is 0 Å². The van der Waals surface area contributed by atoms with Crippen LogP contribution in [0.5, 0.6) is 5.75 Å². The normalized spacial score (nSPS) is 11.8. The first-order valence-electron chi connectivity index (χ1n) is 8.58. The van der Waals surface area contributed by atoms with E-state index in [0.717, 1.165) is 27.8 Å². The van der Waals surface area contributed by atoms with Crippen molar-refractivity contribution in [1.29, 1.82) is 0 Å². The van der Waals surface area contributed by atoms with Gasteiger partial charge in [-0.05, 0) is 43.7 Å². The van der Waals surface area contributed by atoms with E-state index in [4.69, 9.17) is 4.74 Å². The number of nitrogens with zero attached hydrogens (tertiary/aromatic N) is 1. The summed E-state index contributed by atoms with van der Waals surface area (Å²) >= 11 is 0. The van der Waals surface area contributed by atoms with Crippen LogP contribution in [0.4, 0.5) is 0 Å². The smallest absolute Gasteiger partial charge is 0.128 e. The molecule has 0 N–H and O–H groups in total. The van der Waals surface area contributed by atoms with Gasteiger partial charge in [-0.3, -0.25) is 4.98 Å². The number of benzene rings is 3. The quantitative estimate of drug-likeness (QED) is 0.435. The van der Waals surface area contributed by atoms with Gasteiger partial charge in [0.15, 0.2) is 0 Å². The molecule has 0 bridgehead atoms. The van der Waals surface area contributed by atoms with E-state index in [1.807, 2.05) is 12.3 Å². The predicted molar refractivity (Wildman–Crippen MR) is 105 cm³/mol. The molecule has 2 heteroatoms. The van der Waals surface area contributed by atoms with Crippen LogP contribution in [0, 0.1) is 0 Å². The molecule has 0 aliphatic heterocycles. The Labute approximate surface area is 148 Å². The van der Waals surface area contributed by atoms with Crippen LogP contribution < -0.4 is 4.74 Å². The highest BCUT2D eigenvalue weighted by Gasteiger charge is 2.19. The molecule has 0 saturated heterocycles. The molecule has 4 aromatic rings. The molecule has 4 rings (SSSR count). The van der Waals surface area contributed by atoms with E-state index in [1.165, 1.54) is 10.8 Å². The highest BCUT2D eigenvalue weighted by molar-refractivity contribution is 6.06. The number of hydrogen-bond donors (Lipinski definition) is 0. The summed E-state index contributed by atoms with van der Waals surface area (Å²) in [6, 6.07) is 23.0. The average Bonchev–Trinajstić information content (AvgIpc) is 2.60. The van der Waals surface area contributed by atoms with Crippen LogP contribution in [0.25, 0.3) is 32.8 Å². The Balaban J connectivity index is 2.09. The minimum Gasteiger partial charge on any atom is -0.487 e. The minimum atomic E-state index is -0.269. The number of para-hydroxylation sites is 1. The molecule has 0 unspecified atom stereocenters. The number of pyridine rings is 1. The number of fused-ring (bicyclic) bond motifs is 2. The molecule has 0 aliphatic rings. The molecular weight excluding hydrogens is 306 g/mol. The highest BCUT2D eigenvalue weighted by atomic mass is 16.5. The van der Waals surface area contributed by atoms with Crippen molar-refractivity contribution < 1.29 is 4.74 Å². The summed E-state index contributed by atoms with van der Waals surface area (Å²) in [6.07, 6.45) is 1.85. The van der Waals surface area contributed by atoms with Crippen molar-refractivity contribution in [2.45, 2.75) is 26.4 Å². The lowest BCUT2D eigenvalue weighted by molar-refractivity contribution is 0.132. The fourth-order valence-electron chi connectivity index (χ4n) is 3.25. The minimum absolute atomic E-state index is 0.269. The summed E-state index contributed by atoms with van der Waals surface area (Å²) in [7, 11) is 0. The van der Waals surface area contributed by atoms with Crippen LogP contribution in [-0.4, -0.2) is 10.6 Å². The van der Waals surface area contributed by atoms with Gasteiger partial charge in [-0.1, -0.05) is 54.6 Å². The monoisotopic (exact) mass is 327 g/mol. The van der Waals surface area contributed by atoms with E-state index in [2.05, 4.69) is 86.4 Å². The predicted octanol–water partition coefficient (Wildman–Crippen LogP) is 6.23. The SMILES string of the molecule is CC(C)(C)Oc1ccc2ccccc2c1-c1cccc2cccnc12. The van der Waals surface area contributed by atoms with Gasteiger partial charge in [0.2, 0.25) is 0 Å². The fraction of sp³-hybridized carbons (Fsp3) is 0.174. The van der Waals surface area contributed by atoms with Crippen molar-refractivity contribution in [2.24, 2.45) is 0 Å². The summed E-state index contributed by atoms with van der Waals surface area (Å²) < 4.78 is 6.32. The topological polar surface area (TPSA) is 22.1 Å². The largest absolute Gasteiger partial charge is 0.487 e. The van der Waals surface area contributed by atoms with Crippen molar-refractivity contribution in [2.75, 3.05) is 0 Å². The molecule has 124 valence electrons. The van der Waals surface area contributed by atoms with E-state index < -0.39 is 0 Å². The molecule has 3 aromatic carbocycles. The van der Waals surface area contributed by atoms with Gasteiger partial charge in [0.1, 0.15) is 11.4 Å². The van der Waals surface area contributed by atoms with Crippen LogP contribution in [-0.2, 0) is 0 Å². The van der Waals surface area contributed by atoms with Crippen molar-refractivity contribution in [3.63, 3.8) is 0 Å². The number of hydrogen-bond acceptors (Lipinski definition) is 2. The van der Waals surface area contributed by atoms with Gasteiger partial charge in [0.25, 0.3) is 0 Å². The average molecular weight is 327 g/mol. The third-order valence-electron chi connectivity index (χ3n) is 4.21. The maximum Gasteiger partial charge on any atom is 0.128 e. The molecule has 0 spiro atoms. The van der Waals surface area contributed by atoms with Crippen LogP contribution in [0.1, 0.15) is 20.8 Å². The zero-order valence-electron chi connectivity index (χ0n) is 14.8. The molecule has 1 aromatic heterocycles. The Kier molecular flexibility index (Phi) is 3.69. The third-order valence-corrected chi connectivity index (χ3v) is 4.21. The number of aromatic nitrogens is 1. The summed E-state index contributed by atoms with van der Waals surface area (Å²) in [4.78, 5) is 4.65. The first-order valence-corrected chi connectivity index (χ1v) is 8.58. The Morgan fingerprint density at radius 2 is 1.52 bits per heavy atom. The lowest BCUT2D eigenvalue weighted by Gasteiger charge is -2.24. The molecule has 0 atom stereocenters. The zero-order chi connectivity index (χ0) is 17.4. The van der Waals surface area contributed by atoms with Crippen molar-refractivity contribution in [1.82, 2.24) is 4.98 Å². The second kappa shape index (κ2) is 5.89. The second-order valence-electron chi connectivity index (χ2n) is 7.25. The van der Waals surface area contributed by atoms with E-state index in [-0.39, 0.29) is 5.60 Å². The van der Waals surface area contributed by atoms with E-state index >= 15 is 0 Å². The summed E-state index contributed by atoms with van der Waals surface area (Å²) in [6.45, 7) is 6.23.